The Morgan fingerprint density at radius 1 is 1.41 bits per heavy atom. The molecule has 0 N–H and O–H groups in total. The van der Waals surface area contributed by atoms with Gasteiger partial charge in [-0.1, -0.05) is 30.3 Å². The van der Waals surface area contributed by atoms with Crippen LogP contribution in [0.4, 0.5) is 4.79 Å². The molecule has 1 heterocycles. The standard InChI is InChI=1S/C13H13NO2S/c1-13-10-6-4-3-5-9(10)7-8-11(13)16-12(15)14(13)17-2/h3-8,11H,1-2H3. The van der Waals surface area contributed by atoms with Gasteiger partial charge in [-0.2, -0.15) is 0 Å². The van der Waals surface area contributed by atoms with Crippen LogP contribution in [0.5, 0.6) is 0 Å². The van der Waals surface area contributed by atoms with E-state index in [1.807, 2.05) is 30.5 Å². The Morgan fingerprint density at radius 2 is 2.18 bits per heavy atom. The first-order chi connectivity index (χ1) is 8.17. The molecule has 1 saturated heterocycles. The van der Waals surface area contributed by atoms with Crippen LogP contribution in [0.3, 0.4) is 0 Å². The molecule has 1 amide bonds. The van der Waals surface area contributed by atoms with Gasteiger partial charge in [-0.15, -0.1) is 0 Å². The molecule has 1 aromatic rings. The maximum Gasteiger partial charge on any atom is 0.421 e. The lowest BCUT2D eigenvalue weighted by Crippen LogP contribution is -2.43. The van der Waals surface area contributed by atoms with Crippen LogP contribution >= 0.6 is 11.9 Å². The van der Waals surface area contributed by atoms with E-state index in [4.69, 9.17) is 4.74 Å². The summed E-state index contributed by atoms with van der Waals surface area (Å²) in [6, 6.07) is 8.14. The molecule has 0 bridgehead atoms. The van der Waals surface area contributed by atoms with E-state index in [1.165, 1.54) is 11.9 Å². The van der Waals surface area contributed by atoms with Crippen LogP contribution in [0.2, 0.25) is 0 Å². The third-order valence-corrected chi connectivity index (χ3v) is 4.40. The number of fused-ring (bicyclic) bond motifs is 3. The van der Waals surface area contributed by atoms with Crippen molar-refractivity contribution in [3.05, 3.63) is 41.5 Å². The highest BCUT2D eigenvalue weighted by Crippen LogP contribution is 2.47. The van der Waals surface area contributed by atoms with Gasteiger partial charge in [-0.05, 0) is 36.1 Å². The first-order valence-electron chi connectivity index (χ1n) is 5.50. The molecular formula is C13H13NO2S. The number of carbonyl (C=O) groups is 1. The fourth-order valence-electron chi connectivity index (χ4n) is 2.62. The van der Waals surface area contributed by atoms with Gasteiger partial charge in [-0.25, -0.2) is 9.10 Å². The Hall–Kier alpha value is -1.42. The predicted octanol–water partition coefficient (Wildman–Crippen LogP) is 3.03. The summed E-state index contributed by atoms with van der Waals surface area (Å²) >= 11 is 1.41. The van der Waals surface area contributed by atoms with Crippen molar-refractivity contribution < 1.29 is 9.53 Å². The fourth-order valence-corrected chi connectivity index (χ4v) is 3.40. The number of hydrogen-bond acceptors (Lipinski definition) is 3. The van der Waals surface area contributed by atoms with E-state index in [2.05, 4.69) is 19.1 Å². The van der Waals surface area contributed by atoms with Crippen LogP contribution in [0.15, 0.2) is 30.3 Å². The van der Waals surface area contributed by atoms with Crippen LogP contribution in [0.25, 0.3) is 6.08 Å². The van der Waals surface area contributed by atoms with E-state index in [-0.39, 0.29) is 12.2 Å². The quantitative estimate of drug-likeness (QED) is 0.714. The maximum atomic E-state index is 11.8. The normalized spacial score (nSPS) is 29.9. The highest BCUT2D eigenvalue weighted by molar-refractivity contribution is 7.96. The zero-order valence-corrected chi connectivity index (χ0v) is 10.5. The summed E-state index contributed by atoms with van der Waals surface area (Å²) in [6.07, 6.45) is 5.44. The summed E-state index contributed by atoms with van der Waals surface area (Å²) in [7, 11) is 0. The average molecular weight is 247 g/mol. The van der Waals surface area contributed by atoms with E-state index in [9.17, 15) is 4.79 Å². The van der Waals surface area contributed by atoms with Gasteiger partial charge in [0.05, 0.1) is 0 Å². The number of ether oxygens (including phenoxy) is 1. The zero-order chi connectivity index (χ0) is 12.0. The number of benzene rings is 1. The minimum absolute atomic E-state index is 0.197. The van der Waals surface area contributed by atoms with Crippen molar-refractivity contribution in [3.63, 3.8) is 0 Å². The summed E-state index contributed by atoms with van der Waals surface area (Å²) in [5.74, 6) is 0. The number of carbonyl (C=O) groups excluding carboxylic acids is 1. The van der Waals surface area contributed by atoms with Crippen molar-refractivity contribution >= 4 is 24.1 Å². The van der Waals surface area contributed by atoms with Crippen molar-refractivity contribution in [3.8, 4) is 0 Å². The van der Waals surface area contributed by atoms with Gasteiger partial charge in [0.1, 0.15) is 5.54 Å². The molecule has 1 aliphatic heterocycles. The van der Waals surface area contributed by atoms with Crippen LogP contribution in [-0.4, -0.2) is 22.8 Å². The molecule has 17 heavy (non-hydrogen) atoms. The summed E-state index contributed by atoms with van der Waals surface area (Å²) in [4.78, 5) is 11.8. The van der Waals surface area contributed by atoms with Crippen LogP contribution < -0.4 is 0 Å². The molecule has 1 aliphatic carbocycles. The predicted molar refractivity (Wildman–Crippen MR) is 68.5 cm³/mol. The number of rotatable bonds is 1. The van der Waals surface area contributed by atoms with E-state index < -0.39 is 5.54 Å². The molecule has 0 saturated carbocycles. The first-order valence-corrected chi connectivity index (χ1v) is 6.68. The maximum absolute atomic E-state index is 11.8. The molecule has 2 atom stereocenters. The molecule has 1 aromatic carbocycles. The molecule has 1 fully saturated rings. The Balaban J connectivity index is 2.21. The third-order valence-electron chi connectivity index (χ3n) is 3.51. The Bertz CT molecular complexity index is 514. The zero-order valence-electron chi connectivity index (χ0n) is 9.71. The van der Waals surface area contributed by atoms with E-state index in [0.717, 1.165) is 11.1 Å². The monoisotopic (exact) mass is 247 g/mol. The molecule has 88 valence electrons. The summed E-state index contributed by atoms with van der Waals surface area (Å²) in [6.45, 7) is 2.06. The number of amides is 1. The van der Waals surface area contributed by atoms with Crippen molar-refractivity contribution in [1.29, 1.82) is 0 Å². The second-order valence-electron chi connectivity index (χ2n) is 4.38. The minimum Gasteiger partial charge on any atom is -0.438 e. The number of nitrogens with zero attached hydrogens (tertiary/aromatic N) is 1. The average Bonchev–Trinajstić information content (AvgIpc) is 2.60. The first kappa shape index (κ1) is 10.7. The molecule has 4 heteroatoms. The highest BCUT2D eigenvalue weighted by atomic mass is 32.2. The van der Waals surface area contributed by atoms with Gasteiger partial charge in [0.25, 0.3) is 0 Å². The van der Waals surface area contributed by atoms with Crippen LogP contribution in [0, 0.1) is 0 Å². The lowest BCUT2D eigenvalue weighted by Gasteiger charge is -2.36. The van der Waals surface area contributed by atoms with Gasteiger partial charge in [0, 0.05) is 6.26 Å². The molecule has 0 aromatic heterocycles. The number of hydrogen-bond donors (Lipinski definition) is 0. The van der Waals surface area contributed by atoms with E-state index in [0.29, 0.717) is 0 Å². The smallest absolute Gasteiger partial charge is 0.421 e. The Morgan fingerprint density at radius 3 is 2.94 bits per heavy atom. The van der Waals surface area contributed by atoms with Crippen molar-refractivity contribution in [1.82, 2.24) is 4.31 Å². The van der Waals surface area contributed by atoms with Gasteiger partial charge in [0.15, 0.2) is 6.10 Å². The van der Waals surface area contributed by atoms with Gasteiger partial charge in [0.2, 0.25) is 0 Å². The molecule has 3 rings (SSSR count). The fraction of sp³-hybridized carbons (Fsp3) is 0.308. The summed E-state index contributed by atoms with van der Waals surface area (Å²) in [5, 5.41) is 0. The lowest BCUT2D eigenvalue weighted by atomic mass is 9.80. The molecule has 0 spiro atoms. The second kappa shape index (κ2) is 3.53. The van der Waals surface area contributed by atoms with Crippen molar-refractivity contribution in [2.24, 2.45) is 0 Å². The molecular weight excluding hydrogens is 234 g/mol. The Labute approximate surface area is 105 Å². The lowest BCUT2D eigenvalue weighted by molar-refractivity contribution is 0.141. The summed E-state index contributed by atoms with van der Waals surface area (Å²) in [5.41, 5.74) is 1.90. The highest BCUT2D eigenvalue weighted by Gasteiger charge is 2.53. The Kier molecular flexibility index (Phi) is 2.23. The van der Waals surface area contributed by atoms with Crippen LogP contribution in [-0.2, 0) is 10.3 Å². The van der Waals surface area contributed by atoms with E-state index >= 15 is 0 Å². The van der Waals surface area contributed by atoms with Crippen molar-refractivity contribution in [2.75, 3.05) is 6.26 Å². The third kappa shape index (κ3) is 1.27. The van der Waals surface area contributed by atoms with Crippen LogP contribution in [0.1, 0.15) is 18.1 Å². The van der Waals surface area contributed by atoms with Crippen molar-refractivity contribution in [2.45, 2.75) is 18.6 Å². The van der Waals surface area contributed by atoms with Gasteiger partial charge >= 0.3 is 6.09 Å². The van der Waals surface area contributed by atoms with Gasteiger partial charge in [-0.3, -0.25) is 0 Å². The topological polar surface area (TPSA) is 29.5 Å². The molecule has 2 unspecified atom stereocenters. The SMILES string of the molecule is CSN1C(=O)OC2C=Cc3ccccc3C21C. The molecule has 3 nitrogen and oxygen atoms in total. The minimum atomic E-state index is -0.401. The second-order valence-corrected chi connectivity index (χ2v) is 5.11. The van der Waals surface area contributed by atoms with Gasteiger partial charge < -0.3 is 4.74 Å². The molecule has 0 radical (unpaired) electrons. The van der Waals surface area contributed by atoms with E-state index in [1.54, 1.807) is 4.31 Å². The largest absolute Gasteiger partial charge is 0.438 e. The molecule has 2 aliphatic rings. The summed E-state index contributed by atoms with van der Waals surface area (Å²) < 4.78 is 7.13.